The first-order chi connectivity index (χ1) is 9.33. The SMILES string of the molecule is O=C(N1CCCC1)N1CCC(N[C@@H]2CCSC2)CC1. The monoisotopic (exact) mass is 283 g/mol. The largest absolute Gasteiger partial charge is 0.325 e. The maximum Gasteiger partial charge on any atom is 0.319 e. The number of carbonyl (C=O) groups excluding carboxylic acids is 1. The zero-order valence-corrected chi connectivity index (χ0v) is 12.5. The lowest BCUT2D eigenvalue weighted by Crippen LogP contribution is -2.50. The summed E-state index contributed by atoms with van der Waals surface area (Å²) >= 11 is 2.06. The molecule has 4 nitrogen and oxygen atoms in total. The fourth-order valence-electron chi connectivity index (χ4n) is 3.35. The van der Waals surface area contributed by atoms with Crippen molar-refractivity contribution in [3.05, 3.63) is 0 Å². The Kier molecular flexibility index (Phi) is 4.53. The highest BCUT2D eigenvalue weighted by atomic mass is 32.2. The van der Waals surface area contributed by atoms with Crippen molar-refractivity contribution >= 4 is 17.8 Å². The van der Waals surface area contributed by atoms with Gasteiger partial charge < -0.3 is 15.1 Å². The Morgan fingerprint density at radius 2 is 1.63 bits per heavy atom. The van der Waals surface area contributed by atoms with E-state index >= 15 is 0 Å². The van der Waals surface area contributed by atoms with Gasteiger partial charge in [0.2, 0.25) is 0 Å². The second-order valence-electron chi connectivity index (χ2n) is 5.97. The number of urea groups is 1. The molecule has 3 saturated heterocycles. The van der Waals surface area contributed by atoms with Crippen molar-refractivity contribution in [1.29, 1.82) is 0 Å². The number of hydrogen-bond acceptors (Lipinski definition) is 3. The lowest BCUT2D eigenvalue weighted by Gasteiger charge is -2.35. The first-order valence-electron chi connectivity index (χ1n) is 7.70. The van der Waals surface area contributed by atoms with Gasteiger partial charge in [0.1, 0.15) is 0 Å². The Hall–Kier alpha value is -0.420. The zero-order chi connectivity index (χ0) is 13.1. The number of nitrogens with one attached hydrogen (secondary N) is 1. The molecule has 0 aromatic carbocycles. The lowest BCUT2D eigenvalue weighted by atomic mass is 10.0. The number of rotatable bonds is 2. The molecule has 0 aromatic heterocycles. The van der Waals surface area contributed by atoms with Crippen molar-refractivity contribution in [3.63, 3.8) is 0 Å². The van der Waals surface area contributed by atoms with E-state index in [1.54, 1.807) is 0 Å². The van der Waals surface area contributed by atoms with Crippen LogP contribution in [0.4, 0.5) is 4.79 Å². The molecule has 0 spiro atoms. The van der Waals surface area contributed by atoms with Gasteiger partial charge in [-0.3, -0.25) is 0 Å². The van der Waals surface area contributed by atoms with Gasteiger partial charge in [0, 0.05) is 44.0 Å². The summed E-state index contributed by atoms with van der Waals surface area (Å²) in [5.41, 5.74) is 0. The van der Waals surface area contributed by atoms with Crippen molar-refractivity contribution in [2.45, 2.75) is 44.2 Å². The highest BCUT2D eigenvalue weighted by molar-refractivity contribution is 7.99. The maximum absolute atomic E-state index is 12.3. The molecular weight excluding hydrogens is 258 g/mol. The third-order valence-electron chi connectivity index (χ3n) is 4.54. The molecule has 108 valence electrons. The van der Waals surface area contributed by atoms with E-state index in [-0.39, 0.29) is 6.03 Å². The summed E-state index contributed by atoms with van der Waals surface area (Å²) in [4.78, 5) is 16.4. The van der Waals surface area contributed by atoms with Crippen LogP contribution in [0, 0.1) is 0 Å². The van der Waals surface area contributed by atoms with Crippen LogP contribution in [-0.2, 0) is 0 Å². The Bertz CT molecular complexity index is 306. The van der Waals surface area contributed by atoms with Gasteiger partial charge in [-0.2, -0.15) is 11.8 Å². The first-order valence-corrected chi connectivity index (χ1v) is 8.86. The van der Waals surface area contributed by atoms with Gasteiger partial charge in [-0.1, -0.05) is 0 Å². The molecule has 5 heteroatoms. The molecule has 3 fully saturated rings. The first kappa shape index (κ1) is 13.6. The third kappa shape index (κ3) is 3.37. The number of thioether (sulfide) groups is 1. The number of carbonyl (C=O) groups is 1. The molecule has 3 rings (SSSR count). The minimum atomic E-state index is 0.285. The minimum Gasteiger partial charge on any atom is -0.325 e. The van der Waals surface area contributed by atoms with Crippen LogP contribution >= 0.6 is 11.8 Å². The number of hydrogen-bond donors (Lipinski definition) is 1. The van der Waals surface area contributed by atoms with Crippen LogP contribution < -0.4 is 5.32 Å². The van der Waals surface area contributed by atoms with Crippen molar-refractivity contribution in [2.75, 3.05) is 37.7 Å². The summed E-state index contributed by atoms with van der Waals surface area (Å²) in [7, 11) is 0. The molecule has 0 unspecified atom stereocenters. The van der Waals surface area contributed by atoms with Gasteiger partial charge in [-0.15, -0.1) is 0 Å². The molecule has 0 saturated carbocycles. The second kappa shape index (κ2) is 6.35. The highest BCUT2D eigenvalue weighted by Crippen LogP contribution is 2.20. The molecule has 3 aliphatic rings. The van der Waals surface area contributed by atoms with E-state index in [9.17, 15) is 4.79 Å². The van der Waals surface area contributed by atoms with Crippen molar-refractivity contribution in [3.8, 4) is 0 Å². The second-order valence-corrected chi connectivity index (χ2v) is 7.12. The average Bonchev–Trinajstić information content (AvgIpc) is 3.12. The summed E-state index contributed by atoms with van der Waals surface area (Å²) in [6.07, 6.45) is 5.94. The van der Waals surface area contributed by atoms with E-state index in [0.717, 1.165) is 45.1 Å². The Morgan fingerprint density at radius 1 is 0.947 bits per heavy atom. The number of nitrogens with zero attached hydrogens (tertiary/aromatic N) is 2. The Morgan fingerprint density at radius 3 is 2.26 bits per heavy atom. The predicted octanol–water partition coefficient (Wildman–Crippen LogP) is 1.76. The molecule has 3 heterocycles. The summed E-state index contributed by atoms with van der Waals surface area (Å²) in [6, 6.07) is 1.63. The van der Waals surface area contributed by atoms with E-state index in [1.807, 2.05) is 4.90 Å². The third-order valence-corrected chi connectivity index (χ3v) is 5.71. The van der Waals surface area contributed by atoms with Crippen LogP contribution in [0.5, 0.6) is 0 Å². The summed E-state index contributed by atoms with van der Waals surface area (Å²) in [5, 5.41) is 3.77. The molecule has 0 radical (unpaired) electrons. The lowest BCUT2D eigenvalue weighted by molar-refractivity contribution is 0.144. The molecule has 0 aromatic rings. The fraction of sp³-hybridized carbons (Fsp3) is 0.929. The number of piperidine rings is 1. The quantitative estimate of drug-likeness (QED) is 0.839. The molecule has 0 bridgehead atoms. The zero-order valence-electron chi connectivity index (χ0n) is 11.6. The predicted molar refractivity (Wildman–Crippen MR) is 79.7 cm³/mol. The van der Waals surface area contributed by atoms with Crippen molar-refractivity contribution in [2.24, 2.45) is 0 Å². The Labute approximate surface area is 120 Å². The van der Waals surface area contributed by atoms with Crippen LogP contribution in [0.2, 0.25) is 0 Å². The molecule has 1 N–H and O–H groups in total. The van der Waals surface area contributed by atoms with E-state index in [0.29, 0.717) is 6.04 Å². The normalized spacial score (nSPS) is 29.2. The summed E-state index contributed by atoms with van der Waals surface area (Å²) in [6.45, 7) is 3.81. The Balaban J connectivity index is 1.42. The van der Waals surface area contributed by atoms with Crippen LogP contribution in [-0.4, -0.2) is 65.6 Å². The standard InChI is InChI=1S/C14H25N3OS/c18-14(16-6-1-2-7-16)17-8-3-12(4-9-17)15-13-5-10-19-11-13/h12-13,15H,1-11H2/t13-/m1/s1. The molecule has 2 amide bonds. The van der Waals surface area contributed by atoms with Gasteiger partial charge in [0.15, 0.2) is 0 Å². The molecule has 3 aliphatic heterocycles. The van der Waals surface area contributed by atoms with Gasteiger partial charge >= 0.3 is 6.03 Å². The van der Waals surface area contributed by atoms with Crippen molar-refractivity contribution < 1.29 is 4.79 Å². The van der Waals surface area contributed by atoms with E-state index in [1.165, 1.54) is 30.8 Å². The van der Waals surface area contributed by atoms with Gasteiger partial charge in [0.05, 0.1) is 0 Å². The number of likely N-dealkylation sites (tertiary alicyclic amines) is 2. The van der Waals surface area contributed by atoms with Crippen LogP contribution in [0.15, 0.2) is 0 Å². The summed E-state index contributed by atoms with van der Waals surface area (Å²) < 4.78 is 0. The van der Waals surface area contributed by atoms with Crippen LogP contribution in [0.1, 0.15) is 32.1 Å². The van der Waals surface area contributed by atoms with E-state index in [2.05, 4.69) is 22.0 Å². The van der Waals surface area contributed by atoms with Gasteiger partial charge in [0.25, 0.3) is 0 Å². The maximum atomic E-state index is 12.3. The molecule has 0 aliphatic carbocycles. The minimum absolute atomic E-state index is 0.285. The van der Waals surface area contributed by atoms with E-state index < -0.39 is 0 Å². The molecule has 1 atom stereocenters. The molecular formula is C14H25N3OS. The van der Waals surface area contributed by atoms with Gasteiger partial charge in [-0.25, -0.2) is 4.79 Å². The van der Waals surface area contributed by atoms with Crippen LogP contribution in [0.3, 0.4) is 0 Å². The smallest absolute Gasteiger partial charge is 0.319 e. The van der Waals surface area contributed by atoms with Crippen LogP contribution in [0.25, 0.3) is 0 Å². The topological polar surface area (TPSA) is 35.6 Å². The highest BCUT2D eigenvalue weighted by Gasteiger charge is 2.28. The summed E-state index contributed by atoms with van der Waals surface area (Å²) in [5.74, 6) is 2.58. The van der Waals surface area contributed by atoms with Gasteiger partial charge in [-0.05, 0) is 37.9 Å². The average molecular weight is 283 g/mol. The van der Waals surface area contributed by atoms with E-state index in [4.69, 9.17) is 0 Å². The number of amides is 2. The fourth-order valence-corrected chi connectivity index (χ4v) is 4.51. The molecule has 19 heavy (non-hydrogen) atoms. The van der Waals surface area contributed by atoms with Crippen molar-refractivity contribution in [1.82, 2.24) is 15.1 Å².